The summed E-state index contributed by atoms with van der Waals surface area (Å²) in [6, 6.07) is 6.75. The molecule has 5 heteroatoms. The Morgan fingerprint density at radius 3 is 2.48 bits per heavy atom. The lowest BCUT2D eigenvalue weighted by Gasteiger charge is -2.22. The molecular formula is C22H33N3OS. The average molecular weight is 388 g/mol. The second-order valence-electron chi connectivity index (χ2n) is 7.72. The van der Waals surface area contributed by atoms with Gasteiger partial charge in [0.25, 0.3) is 0 Å². The number of rotatable bonds is 6. The van der Waals surface area contributed by atoms with Crippen molar-refractivity contribution in [2.45, 2.75) is 77.0 Å². The van der Waals surface area contributed by atoms with E-state index in [4.69, 9.17) is 4.99 Å². The number of anilines is 1. The Hall–Kier alpha value is -1.49. The van der Waals surface area contributed by atoms with E-state index in [1.54, 1.807) is 0 Å². The quantitative estimate of drug-likeness (QED) is 0.757. The van der Waals surface area contributed by atoms with Crippen LogP contribution in [0, 0.1) is 0 Å². The largest absolute Gasteiger partial charge is 0.341 e. The van der Waals surface area contributed by atoms with Gasteiger partial charge >= 0.3 is 0 Å². The lowest BCUT2D eigenvalue weighted by atomic mass is 9.96. The minimum absolute atomic E-state index is 0.0663. The summed E-state index contributed by atoms with van der Waals surface area (Å²) in [5, 5.41) is 4.77. The number of amidine groups is 1. The van der Waals surface area contributed by atoms with E-state index in [1.165, 1.54) is 43.2 Å². The minimum Gasteiger partial charge on any atom is -0.341 e. The van der Waals surface area contributed by atoms with Crippen LogP contribution in [0.15, 0.2) is 23.2 Å². The summed E-state index contributed by atoms with van der Waals surface area (Å²) in [4.78, 5) is 20.0. The van der Waals surface area contributed by atoms with Crippen LogP contribution in [0.25, 0.3) is 0 Å². The molecule has 0 unspecified atom stereocenters. The smallest absolute Gasteiger partial charge is 0.243 e. The first-order valence-electron chi connectivity index (χ1n) is 10.5. The van der Waals surface area contributed by atoms with Crippen molar-refractivity contribution in [3.05, 3.63) is 29.3 Å². The fourth-order valence-corrected chi connectivity index (χ4v) is 5.16. The Morgan fingerprint density at radius 1 is 1.19 bits per heavy atom. The average Bonchev–Trinajstić information content (AvgIpc) is 3.01. The van der Waals surface area contributed by atoms with Gasteiger partial charge in [-0.2, -0.15) is 0 Å². The molecule has 1 amide bonds. The third-order valence-electron chi connectivity index (χ3n) is 5.52. The summed E-state index contributed by atoms with van der Waals surface area (Å²) in [6.07, 6.45) is 8.16. The van der Waals surface area contributed by atoms with Gasteiger partial charge in [-0.3, -0.25) is 9.79 Å². The topological polar surface area (TPSA) is 44.7 Å². The molecule has 2 fully saturated rings. The summed E-state index contributed by atoms with van der Waals surface area (Å²) in [6.45, 7) is 7.79. The third-order valence-corrected chi connectivity index (χ3v) is 6.65. The summed E-state index contributed by atoms with van der Waals surface area (Å²) >= 11 is 1.83. The maximum absolute atomic E-state index is 12.8. The predicted molar refractivity (Wildman–Crippen MR) is 117 cm³/mol. The van der Waals surface area contributed by atoms with Crippen molar-refractivity contribution in [1.82, 2.24) is 4.90 Å². The zero-order valence-electron chi connectivity index (χ0n) is 17.0. The van der Waals surface area contributed by atoms with Gasteiger partial charge < -0.3 is 10.2 Å². The molecule has 27 heavy (non-hydrogen) atoms. The lowest BCUT2D eigenvalue weighted by Crippen LogP contribution is -2.35. The highest BCUT2D eigenvalue weighted by Gasteiger charge is 2.28. The first-order valence-corrected chi connectivity index (χ1v) is 11.4. The number of benzene rings is 1. The fourth-order valence-electron chi connectivity index (χ4n) is 4.05. The molecule has 0 bridgehead atoms. The number of amides is 1. The van der Waals surface area contributed by atoms with Gasteiger partial charge in [0.2, 0.25) is 5.91 Å². The molecule has 1 atom stereocenters. The van der Waals surface area contributed by atoms with E-state index in [0.717, 1.165) is 30.2 Å². The van der Waals surface area contributed by atoms with Crippen molar-refractivity contribution in [3.63, 3.8) is 0 Å². The second-order valence-corrected chi connectivity index (χ2v) is 9.12. The van der Waals surface area contributed by atoms with Gasteiger partial charge in [0, 0.05) is 17.5 Å². The molecule has 1 aliphatic carbocycles. The van der Waals surface area contributed by atoms with Crippen LogP contribution in [0.3, 0.4) is 0 Å². The van der Waals surface area contributed by atoms with Crippen molar-refractivity contribution in [1.29, 1.82) is 0 Å². The number of nitrogens with one attached hydrogen (secondary N) is 1. The number of nitrogens with zero attached hydrogens (tertiary/aromatic N) is 2. The van der Waals surface area contributed by atoms with Gasteiger partial charge in [-0.25, -0.2) is 0 Å². The Morgan fingerprint density at radius 2 is 1.85 bits per heavy atom. The van der Waals surface area contributed by atoms with Crippen LogP contribution in [0.2, 0.25) is 0 Å². The Bertz CT molecular complexity index is 660. The van der Waals surface area contributed by atoms with E-state index in [-0.39, 0.29) is 5.91 Å². The van der Waals surface area contributed by atoms with Crippen LogP contribution in [0.5, 0.6) is 0 Å². The predicted octanol–water partition coefficient (Wildman–Crippen LogP) is 4.88. The lowest BCUT2D eigenvalue weighted by molar-refractivity contribution is -0.116. The summed E-state index contributed by atoms with van der Waals surface area (Å²) < 4.78 is 0. The van der Waals surface area contributed by atoms with Crippen molar-refractivity contribution in [2.75, 3.05) is 18.4 Å². The van der Waals surface area contributed by atoms with Gasteiger partial charge in [0.05, 0.1) is 12.6 Å². The molecule has 1 aliphatic heterocycles. The number of carbonyl (C=O) groups is 1. The molecule has 0 spiro atoms. The molecule has 1 N–H and O–H groups in total. The van der Waals surface area contributed by atoms with Crippen LogP contribution in [-0.4, -0.2) is 40.4 Å². The van der Waals surface area contributed by atoms with Crippen LogP contribution < -0.4 is 5.32 Å². The molecule has 4 nitrogen and oxygen atoms in total. The number of para-hydroxylation sites is 1. The zero-order valence-corrected chi connectivity index (χ0v) is 17.8. The molecule has 1 heterocycles. The highest BCUT2D eigenvalue weighted by molar-refractivity contribution is 8.14. The van der Waals surface area contributed by atoms with Gasteiger partial charge in [0.15, 0.2) is 5.17 Å². The van der Waals surface area contributed by atoms with E-state index in [9.17, 15) is 4.79 Å². The maximum atomic E-state index is 12.8. The SMILES string of the molecule is CCc1cccc(CC)c1NC(=O)CN1C[C@@H](C)SC1=NC1CCCCC1. The molecule has 1 saturated carbocycles. The van der Waals surface area contributed by atoms with E-state index in [2.05, 4.69) is 49.2 Å². The fraction of sp³-hybridized carbons (Fsp3) is 0.636. The van der Waals surface area contributed by atoms with Gasteiger partial charge in [-0.1, -0.05) is 70.0 Å². The third kappa shape index (κ3) is 5.28. The summed E-state index contributed by atoms with van der Waals surface area (Å²) in [7, 11) is 0. The van der Waals surface area contributed by atoms with Gasteiger partial charge in [-0.15, -0.1) is 0 Å². The highest BCUT2D eigenvalue weighted by Crippen LogP contribution is 2.29. The minimum atomic E-state index is 0.0663. The van der Waals surface area contributed by atoms with Gasteiger partial charge in [-0.05, 0) is 36.8 Å². The molecular weight excluding hydrogens is 354 g/mol. The molecule has 0 aromatic heterocycles. The number of thioether (sulfide) groups is 1. The van der Waals surface area contributed by atoms with E-state index in [1.807, 2.05) is 11.8 Å². The van der Waals surface area contributed by atoms with Crippen molar-refractivity contribution < 1.29 is 4.79 Å². The van der Waals surface area contributed by atoms with Crippen LogP contribution in [0.4, 0.5) is 5.69 Å². The Balaban J connectivity index is 1.68. The van der Waals surface area contributed by atoms with Crippen LogP contribution in [0.1, 0.15) is 64.0 Å². The van der Waals surface area contributed by atoms with E-state index >= 15 is 0 Å². The molecule has 1 saturated heterocycles. The number of hydrogen-bond donors (Lipinski definition) is 1. The molecule has 3 rings (SSSR count). The number of aryl methyl sites for hydroxylation is 2. The van der Waals surface area contributed by atoms with Crippen molar-refractivity contribution in [3.8, 4) is 0 Å². The Kier molecular flexibility index (Phi) is 7.22. The van der Waals surface area contributed by atoms with E-state index < -0.39 is 0 Å². The monoisotopic (exact) mass is 387 g/mol. The van der Waals surface area contributed by atoms with E-state index in [0.29, 0.717) is 17.8 Å². The molecule has 0 radical (unpaired) electrons. The standard InChI is InChI=1S/C22H33N3OS/c1-4-17-10-9-11-18(5-2)21(17)24-20(26)15-25-14-16(3)27-22(25)23-19-12-7-6-8-13-19/h9-11,16,19H,4-8,12-15H2,1-3H3,(H,24,26)/t16-/m1/s1. The molecule has 2 aliphatic rings. The Labute approximate surface area is 168 Å². The molecule has 148 valence electrons. The molecule has 1 aromatic rings. The number of carbonyl (C=O) groups excluding carboxylic acids is 1. The highest BCUT2D eigenvalue weighted by atomic mass is 32.2. The first-order chi connectivity index (χ1) is 13.1. The first kappa shape index (κ1) is 20.2. The van der Waals surface area contributed by atoms with Crippen molar-refractivity contribution >= 4 is 28.5 Å². The molecule has 1 aromatic carbocycles. The summed E-state index contributed by atoms with van der Waals surface area (Å²) in [5.41, 5.74) is 3.43. The van der Waals surface area contributed by atoms with Crippen LogP contribution in [-0.2, 0) is 17.6 Å². The number of aliphatic imine (C=N–C) groups is 1. The summed E-state index contributed by atoms with van der Waals surface area (Å²) in [5.74, 6) is 0.0663. The van der Waals surface area contributed by atoms with Crippen molar-refractivity contribution in [2.24, 2.45) is 4.99 Å². The van der Waals surface area contributed by atoms with Gasteiger partial charge in [0.1, 0.15) is 0 Å². The normalized spacial score (nSPS) is 22.4. The second kappa shape index (κ2) is 9.63. The zero-order chi connectivity index (χ0) is 19.2. The maximum Gasteiger partial charge on any atom is 0.243 e. The van der Waals surface area contributed by atoms with Crippen LogP contribution >= 0.6 is 11.8 Å². The number of hydrogen-bond acceptors (Lipinski definition) is 3.